The molecule has 1 amide bonds. The van der Waals surface area contributed by atoms with Crippen LogP contribution in [0.15, 0.2) is 54.6 Å². The van der Waals surface area contributed by atoms with Crippen molar-refractivity contribution in [1.29, 1.82) is 0 Å². The molecule has 0 fully saturated rings. The fourth-order valence-electron chi connectivity index (χ4n) is 2.25. The van der Waals surface area contributed by atoms with Crippen LogP contribution < -0.4 is 10.1 Å². The Morgan fingerprint density at radius 3 is 2.28 bits per heavy atom. The Bertz CT molecular complexity index is 729. The highest BCUT2D eigenvalue weighted by atomic mass is 19.1. The molecule has 0 bridgehead atoms. The zero-order valence-electron chi connectivity index (χ0n) is 14.0. The molecule has 0 radical (unpaired) electrons. The normalized spacial score (nSPS) is 12.3. The lowest BCUT2D eigenvalue weighted by molar-refractivity contribution is -0.145. The second-order valence-electron chi connectivity index (χ2n) is 6.10. The molecule has 0 aromatic heterocycles. The first-order chi connectivity index (χ1) is 11.8. The van der Waals surface area contributed by atoms with Crippen molar-refractivity contribution < 1.29 is 23.8 Å². The summed E-state index contributed by atoms with van der Waals surface area (Å²) in [4.78, 5) is 23.8. The number of carbonyl (C=O) groups excluding carboxylic acids is 1. The third kappa shape index (κ3) is 4.79. The molecule has 2 rings (SSSR count). The van der Waals surface area contributed by atoms with Crippen LogP contribution in [0.25, 0.3) is 0 Å². The maximum Gasteiger partial charge on any atom is 0.346 e. The van der Waals surface area contributed by atoms with Gasteiger partial charge in [-0.15, -0.1) is 0 Å². The molecule has 2 N–H and O–H groups in total. The summed E-state index contributed by atoms with van der Waals surface area (Å²) >= 11 is 0. The smallest absolute Gasteiger partial charge is 0.346 e. The molecule has 0 saturated heterocycles. The molecular formula is C19H20FNO4. The van der Waals surface area contributed by atoms with E-state index in [1.807, 2.05) is 30.3 Å². The van der Waals surface area contributed by atoms with Crippen molar-refractivity contribution in [3.05, 3.63) is 66.0 Å². The molecule has 5 nitrogen and oxygen atoms in total. The van der Waals surface area contributed by atoms with Crippen molar-refractivity contribution in [3.63, 3.8) is 0 Å². The van der Waals surface area contributed by atoms with E-state index in [1.54, 1.807) is 13.8 Å². The average Bonchev–Trinajstić information content (AvgIpc) is 2.60. The SMILES string of the molecule is CC(C)(C(=O)NCC(Oc1ccc(F)cc1)C(=O)O)c1ccccc1. The van der Waals surface area contributed by atoms with Gasteiger partial charge in [-0.2, -0.15) is 0 Å². The van der Waals surface area contributed by atoms with Crippen molar-refractivity contribution in [2.75, 3.05) is 6.54 Å². The van der Waals surface area contributed by atoms with Gasteiger partial charge in [0.05, 0.1) is 12.0 Å². The molecular weight excluding hydrogens is 325 g/mol. The van der Waals surface area contributed by atoms with Crippen molar-refractivity contribution >= 4 is 11.9 Å². The summed E-state index contributed by atoms with van der Waals surface area (Å²) < 4.78 is 18.2. The lowest BCUT2D eigenvalue weighted by Crippen LogP contribution is -2.46. The Kier molecular flexibility index (Phi) is 5.75. The Hall–Kier alpha value is -2.89. The lowest BCUT2D eigenvalue weighted by Gasteiger charge is -2.25. The maximum absolute atomic E-state index is 12.9. The molecule has 0 aliphatic rings. The van der Waals surface area contributed by atoms with Gasteiger partial charge in [0.25, 0.3) is 0 Å². The van der Waals surface area contributed by atoms with E-state index < -0.39 is 23.3 Å². The van der Waals surface area contributed by atoms with Crippen molar-refractivity contribution in [1.82, 2.24) is 5.32 Å². The van der Waals surface area contributed by atoms with Crippen molar-refractivity contribution in [3.8, 4) is 5.75 Å². The predicted octanol–water partition coefficient (Wildman–Crippen LogP) is 2.75. The zero-order valence-corrected chi connectivity index (χ0v) is 14.0. The molecule has 1 atom stereocenters. The Balaban J connectivity index is 2.02. The summed E-state index contributed by atoms with van der Waals surface area (Å²) in [6.45, 7) is 3.31. The number of rotatable bonds is 7. The molecule has 2 aromatic rings. The van der Waals surface area contributed by atoms with E-state index in [4.69, 9.17) is 4.74 Å². The largest absolute Gasteiger partial charge is 0.478 e. The van der Waals surface area contributed by atoms with Crippen LogP contribution in [0.5, 0.6) is 5.75 Å². The van der Waals surface area contributed by atoms with Gasteiger partial charge in [0.1, 0.15) is 11.6 Å². The zero-order chi connectivity index (χ0) is 18.4. The number of nitrogens with one attached hydrogen (secondary N) is 1. The topological polar surface area (TPSA) is 75.6 Å². The van der Waals surface area contributed by atoms with Crippen LogP contribution in [0.1, 0.15) is 19.4 Å². The summed E-state index contributed by atoms with van der Waals surface area (Å²) in [6, 6.07) is 14.2. The Morgan fingerprint density at radius 2 is 1.72 bits per heavy atom. The summed E-state index contributed by atoms with van der Waals surface area (Å²) in [5.41, 5.74) is -0.000898. The number of amides is 1. The van der Waals surface area contributed by atoms with Crippen LogP contribution >= 0.6 is 0 Å². The number of carbonyl (C=O) groups is 2. The number of carboxylic acids is 1. The van der Waals surface area contributed by atoms with Gasteiger partial charge >= 0.3 is 5.97 Å². The first-order valence-corrected chi connectivity index (χ1v) is 7.79. The number of ether oxygens (including phenoxy) is 1. The van der Waals surface area contributed by atoms with Crippen LogP contribution in [0, 0.1) is 5.82 Å². The molecule has 0 aliphatic heterocycles. The van der Waals surface area contributed by atoms with Crippen LogP contribution in [0.4, 0.5) is 4.39 Å². The fourth-order valence-corrected chi connectivity index (χ4v) is 2.25. The van der Waals surface area contributed by atoms with Gasteiger partial charge in [0.2, 0.25) is 12.0 Å². The minimum absolute atomic E-state index is 0.207. The number of carboxylic acid groups (broad SMARTS) is 1. The van der Waals surface area contributed by atoms with E-state index in [0.29, 0.717) is 0 Å². The van der Waals surface area contributed by atoms with Gasteiger partial charge in [-0.3, -0.25) is 4.79 Å². The molecule has 25 heavy (non-hydrogen) atoms. The quantitative estimate of drug-likeness (QED) is 0.809. The van der Waals surface area contributed by atoms with Gasteiger partial charge < -0.3 is 15.2 Å². The maximum atomic E-state index is 12.9. The third-order valence-electron chi connectivity index (χ3n) is 3.88. The highest BCUT2D eigenvalue weighted by molar-refractivity contribution is 5.87. The van der Waals surface area contributed by atoms with Crippen LogP contribution in [-0.2, 0) is 15.0 Å². The summed E-state index contributed by atoms with van der Waals surface area (Å²) in [5.74, 6) is -1.77. The highest BCUT2D eigenvalue weighted by Crippen LogP contribution is 2.23. The number of hydrogen-bond donors (Lipinski definition) is 2. The summed E-state index contributed by atoms with van der Waals surface area (Å²) in [5, 5.41) is 11.9. The summed E-state index contributed by atoms with van der Waals surface area (Å²) in [7, 11) is 0. The molecule has 6 heteroatoms. The first-order valence-electron chi connectivity index (χ1n) is 7.79. The Labute approximate surface area is 145 Å². The van der Waals surface area contributed by atoms with E-state index in [0.717, 1.165) is 5.56 Å². The van der Waals surface area contributed by atoms with Crippen molar-refractivity contribution in [2.24, 2.45) is 0 Å². The number of aliphatic carboxylic acids is 1. The van der Waals surface area contributed by atoms with Gasteiger partial charge in [-0.25, -0.2) is 9.18 Å². The van der Waals surface area contributed by atoms with Gasteiger partial charge in [0.15, 0.2) is 0 Å². The highest BCUT2D eigenvalue weighted by Gasteiger charge is 2.31. The standard InChI is InChI=1S/C19H20FNO4/c1-19(2,13-6-4-3-5-7-13)18(24)21-12-16(17(22)23)25-15-10-8-14(20)9-11-15/h3-11,16H,12H2,1-2H3,(H,21,24)(H,22,23). The average molecular weight is 345 g/mol. The predicted molar refractivity (Wildman–Crippen MR) is 90.9 cm³/mol. The van der Waals surface area contributed by atoms with Gasteiger partial charge in [-0.1, -0.05) is 30.3 Å². The van der Waals surface area contributed by atoms with Crippen molar-refractivity contribution in [2.45, 2.75) is 25.4 Å². The van der Waals surface area contributed by atoms with Crippen LogP contribution in [-0.4, -0.2) is 29.6 Å². The number of benzene rings is 2. The molecule has 0 saturated carbocycles. The van der Waals surface area contributed by atoms with Crippen LogP contribution in [0.3, 0.4) is 0 Å². The monoisotopic (exact) mass is 345 g/mol. The number of halogens is 1. The first kappa shape index (κ1) is 18.4. The Morgan fingerprint density at radius 1 is 1.12 bits per heavy atom. The second-order valence-corrected chi connectivity index (χ2v) is 6.10. The van der Waals surface area contributed by atoms with Gasteiger partial charge in [-0.05, 0) is 43.7 Å². The second kappa shape index (κ2) is 7.79. The molecule has 1 unspecified atom stereocenters. The van der Waals surface area contributed by atoms with Gasteiger partial charge in [0, 0.05) is 0 Å². The fraction of sp³-hybridized carbons (Fsp3) is 0.263. The van der Waals surface area contributed by atoms with E-state index in [2.05, 4.69) is 5.32 Å². The molecule has 0 spiro atoms. The van der Waals surface area contributed by atoms with E-state index in [-0.39, 0.29) is 18.2 Å². The minimum Gasteiger partial charge on any atom is -0.478 e. The molecule has 2 aromatic carbocycles. The van der Waals surface area contributed by atoms with E-state index in [1.165, 1.54) is 24.3 Å². The van der Waals surface area contributed by atoms with Crippen LogP contribution in [0.2, 0.25) is 0 Å². The molecule has 0 aliphatic carbocycles. The molecule has 0 heterocycles. The minimum atomic E-state index is -1.28. The van der Waals surface area contributed by atoms with E-state index >= 15 is 0 Å². The molecule has 132 valence electrons. The number of hydrogen-bond acceptors (Lipinski definition) is 3. The lowest BCUT2D eigenvalue weighted by atomic mass is 9.84. The summed E-state index contributed by atoms with van der Waals surface area (Å²) in [6.07, 6.45) is -1.28. The third-order valence-corrected chi connectivity index (χ3v) is 3.88. The van der Waals surface area contributed by atoms with E-state index in [9.17, 15) is 19.1 Å².